The summed E-state index contributed by atoms with van der Waals surface area (Å²) in [5, 5.41) is 0. The Labute approximate surface area is 184 Å². The quantitative estimate of drug-likeness (QED) is 0.481. The van der Waals surface area contributed by atoms with Gasteiger partial charge in [-0.15, -0.1) is 0 Å². The summed E-state index contributed by atoms with van der Waals surface area (Å²) in [5.74, 6) is 0.840. The van der Waals surface area contributed by atoms with Crippen LogP contribution in [0.15, 0.2) is 39.3 Å². The van der Waals surface area contributed by atoms with Crippen molar-refractivity contribution in [3.05, 3.63) is 61.5 Å². The monoisotopic (exact) mass is 507 g/mol. The molecule has 150 valence electrons. The van der Waals surface area contributed by atoms with E-state index in [1.165, 1.54) is 11.1 Å². The van der Waals surface area contributed by atoms with Crippen LogP contribution in [0.25, 0.3) is 0 Å². The number of rotatable bonds is 6. The van der Waals surface area contributed by atoms with Crippen molar-refractivity contribution in [3.63, 3.8) is 0 Å². The van der Waals surface area contributed by atoms with Gasteiger partial charge in [-0.1, -0.05) is 59.6 Å². The number of ketones is 1. The summed E-state index contributed by atoms with van der Waals surface area (Å²) in [7, 11) is 0. The molecule has 0 aromatic heterocycles. The molecule has 2 aromatic rings. The largest absolute Gasteiger partial charge is 0.491 e. The molecule has 0 amide bonds. The van der Waals surface area contributed by atoms with Gasteiger partial charge in [0.25, 0.3) is 0 Å². The van der Waals surface area contributed by atoms with Gasteiger partial charge in [0.15, 0.2) is 5.78 Å². The summed E-state index contributed by atoms with van der Waals surface area (Å²) in [6, 6.07) is 10.4. The average Bonchev–Trinajstić information content (AvgIpc) is 2.69. The summed E-state index contributed by atoms with van der Waals surface area (Å²) in [6.07, 6.45) is 0.672. The van der Waals surface area contributed by atoms with E-state index in [1.807, 2.05) is 13.0 Å². The first kappa shape index (κ1) is 21.5. The number of fused-ring (bicyclic) bond motifs is 1. The highest BCUT2D eigenvalue weighted by Crippen LogP contribution is 2.44. The van der Waals surface area contributed by atoms with Crippen molar-refractivity contribution in [1.29, 1.82) is 0 Å². The van der Waals surface area contributed by atoms with E-state index in [0.29, 0.717) is 30.9 Å². The first-order chi connectivity index (χ1) is 13.3. The SMILES string of the molecule is CCN(CC)C[C@]1(Cc2ccc(C)cc2)COc2c(cc(Br)c(C)c2Br)C1=O. The van der Waals surface area contributed by atoms with Crippen LogP contribution in [0.2, 0.25) is 0 Å². The van der Waals surface area contributed by atoms with E-state index in [0.717, 1.165) is 27.6 Å². The third-order valence-corrected chi connectivity index (χ3v) is 7.48. The van der Waals surface area contributed by atoms with Gasteiger partial charge in [0.05, 0.1) is 15.5 Å². The maximum Gasteiger partial charge on any atom is 0.177 e. The van der Waals surface area contributed by atoms with Gasteiger partial charge in [-0.25, -0.2) is 0 Å². The molecule has 28 heavy (non-hydrogen) atoms. The van der Waals surface area contributed by atoms with Gasteiger partial charge >= 0.3 is 0 Å². The Morgan fingerprint density at radius 2 is 1.75 bits per heavy atom. The van der Waals surface area contributed by atoms with Crippen molar-refractivity contribution in [3.8, 4) is 5.75 Å². The zero-order valence-electron chi connectivity index (χ0n) is 16.9. The molecule has 0 fully saturated rings. The number of halogens is 2. The minimum absolute atomic E-state index is 0.169. The third-order valence-electron chi connectivity index (χ3n) is 5.71. The van der Waals surface area contributed by atoms with Crippen molar-refractivity contribution in [1.82, 2.24) is 4.90 Å². The zero-order valence-corrected chi connectivity index (χ0v) is 20.1. The van der Waals surface area contributed by atoms with E-state index in [1.54, 1.807) is 0 Å². The number of benzene rings is 2. The number of Topliss-reactive ketones (excluding diaryl/α,β-unsaturated/α-hetero) is 1. The molecule has 0 radical (unpaired) electrons. The molecule has 1 aliphatic rings. The van der Waals surface area contributed by atoms with Crippen LogP contribution >= 0.6 is 31.9 Å². The molecule has 1 heterocycles. The van der Waals surface area contributed by atoms with Crippen LogP contribution in [0.1, 0.15) is 40.9 Å². The van der Waals surface area contributed by atoms with Crippen LogP contribution < -0.4 is 4.74 Å². The normalized spacial score (nSPS) is 18.9. The van der Waals surface area contributed by atoms with E-state index in [4.69, 9.17) is 4.74 Å². The Kier molecular flexibility index (Phi) is 6.68. The molecular weight excluding hydrogens is 482 g/mol. The number of hydrogen-bond acceptors (Lipinski definition) is 3. The summed E-state index contributed by atoms with van der Waals surface area (Å²) in [4.78, 5) is 16.2. The molecule has 0 aliphatic carbocycles. The smallest absolute Gasteiger partial charge is 0.177 e. The van der Waals surface area contributed by atoms with Gasteiger partial charge < -0.3 is 9.64 Å². The zero-order chi connectivity index (χ0) is 20.5. The van der Waals surface area contributed by atoms with Crippen molar-refractivity contribution in [2.75, 3.05) is 26.2 Å². The number of ether oxygens (including phenoxy) is 1. The Bertz CT molecular complexity index is 875. The number of carbonyl (C=O) groups excluding carboxylic acids is 1. The van der Waals surface area contributed by atoms with Crippen molar-refractivity contribution in [2.45, 2.75) is 34.1 Å². The highest BCUT2D eigenvalue weighted by atomic mass is 79.9. The average molecular weight is 509 g/mol. The van der Waals surface area contributed by atoms with Crippen LogP contribution in [0.4, 0.5) is 0 Å². The van der Waals surface area contributed by atoms with E-state index in [9.17, 15) is 4.79 Å². The fourth-order valence-corrected chi connectivity index (χ4v) is 5.08. The van der Waals surface area contributed by atoms with Crippen LogP contribution in [-0.2, 0) is 6.42 Å². The van der Waals surface area contributed by atoms with Crippen molar-refractivity contribution < 1.29 is 9.53 Å². The molecule has 0 saturated heterocycles. The molecule has 0 saturated carbocycles. The minimum Gasteiger partial charge on any atom is -0.491 e. The highest BCUT2D eigenvalue weighted by Gasteiger charge is 2.46. The lowest BCUT2D eigenvalue weighted by Crippen LogP contribution is -2.50. The van der Waals surface area contributed by atoms with Gasteiger partial charge in [-0.2, -0.15) is 0 Å². The van der Waals surface area contributed by atoms with Crippen molar-refractivity contribution >= 4 is 37.6 Å². The molecule has 0 unspecified atom stereocenters. The molecular formula is C23H27Br2NO2. The minimum atomic E-state index is -0.595. The molecule has 1 atom stereocenters. The number of hydrogen-bond donors (Lipinski definition) is 0. The Morgan fingerprint density at radius 1 is 1.11 bits per heavy atom. The molecule has 3 rings (SSSR count). The topological polar surface area (TPSA) is 29.5 Å². The fourth-order valence-electron chi connectivity index (χ4n) is 3.84. The molecule has 5 heteroatoms. The first-order valence-corrected chi connectivity index (χ1v) is 11.3. The standard InChI is InChI=1S/C23H27Br2NO2/c1-5-26(6-2)13-23(12-17-9-7-15(3)8-10-17)14-28-21-18(22(23)27)11-19(24)16(4)20(21)25/h7-11H,5-6,12-14H2,1-4H3/t23-/m1/s1. The number of carbonyl (C=O) groups is 1. The van der Waals surface area contributed by atoms with E-state index >= 15 is 0 Å². The summed E-state index contributed by atoms with van der Waals surface area (Å²) in [6.45, 7) is 11.3. The molecule has 0 N–H and O–H groups in total. The highest BCUT2D eigenvalue weighted by molar-refractivity contribution is 9.11. The van der Waals surface area contributed by atoms with Gasteiger partial charge in [-0.3, -0.25) is 4.79 Å². The predicted octanol–water partition coefficient (Wildman–Crippen LogP) is 5.97. The molecule has 1 aliphatic heterocycles. The second-order valence-corrected chi connectivity index (χ2v) is 9.34. The van der Waals surface area contributed by atoms with Crippen LogP contribution in [0.5, 0.6) is 5.75 Å². The molecule has 2 aromatic carbocycles. The van der Waals surface area contributed by atoms with E-state index in [2.05, 4.69) is 81.8 Å². The number of aryl methyl sites for hydroxylation is 1. The lowest BCUT2D eigenvalue weighted by atomic mass is 9.73. The second-order valence-electron chi connectivity index (χ2n) is 7.70. The summed E-state index contributed by atoms with van der Waals surface area (Å²) in [5.41, 5.74) is 3.50. The fraction of sp³-hybridized carbons (Fsp3) is 0.435. The summed E-state index contributed by atoms with van der Waals surface area (Å²) < 4.78 is 8.03. The third kappa shape index (κ3) is 4.07. The van der Waals surface area contributed by atoms with Gasteiger partial charge in [-0.05, 0) is 66.5 Å². The van der Waals surface area contributed by atoms with Gasteiger partial charge in [0.1, 0.15) is 12.4 Å². The lowest BCUT2D eigenvalue weighted by Gasteiger charge is -2.40. The van der Waals surface area contributed by atoms with Crippen LogP contribution in [-0.4, -0.2) is 36.9 Å². The summed E-state index contributed by atoms with van der Waals surface area (Å²) >= 11 is 7.21. The molecule has 0 bridgehead atoms. The maximum atomic E-state index is 13.8. The maximum absolute atomic E-state index is 13.8. The van der Waals surface area contributed by atoms with E-state index in [-0.39, 0.29) is 5.78 Å². The van der Waals surface area contributed by atoms with Gasteiger partial charge in [0.2, 0.25) is 0 Å². The Hall–Kier alpha value is -1.17. The lowest BCUT2D eigenvalue weighted by molar-refractivity contribution is 0.0472. The first-order valence-electron chi connectivity index (χ1n) is 9.75. The Morgan fingerprint density at radius 3 is 2.36 bits per heavy atom. The van der Waals surface area contributed by atoms with E-state index < -0.39 is 5.41 Å². The van der Waals surface area contributed by atoms with Crippen LogP contribution in [0.3, 0.4) is 0 Å². The Balaban J connectivity index is 2.06. The van der Waals surface area contributed by atoms with Gasteiger partial charge in [0, 0.05) is 11.0 Å². The predicted molar refractivity (Wildman–Crippen MR) is 122 cm³/mol. The van der Waals surface area contributed by atoms with Crippen molar-refractivity contribution in [2.24, 2.45) is 5.41 Å². The second kappa shape index (κ2) is 8.68. The number of nitrogens with zero attached hydrogens (tertiary/aromatic N) is 1. The molecule has 3 nitrogen and oxygen atoms in total. The van der Waals surface area contributed by atoms with Crippen LogP contribution in [0, 0.1) is 19.3 Å². The molecule has 0 spiro atoms.